The molecule has 0 bridgehead atoms. The van der Waals surface area contributed by atoms with Crippen LogP contribution in [0.3, 0.4) is 0 Å². The van der Waals surface area contributed by atoms with Crippen molar-refractivity contribution in [2.45, 2.75) is 0 Å². The number of para-hydroxylation sites is 1. The average molecular weight is 575 g/mol. The van der Waals surface area contributed by atoms with Gasteiger partial charge in [0.05, 0.1) is 0 Å². The van der Waals surface area contributed by atoms with Gasteiger partial charge in [-0.2, -0.15) is 0 Å². The molecule has 3 heterocycles. The van der Waals surface area contributed by atoms with Crippen molar-refractivity contribution in [1.82, 2.24) is 4.98 Å². The van der Waals surface area contributed by atoms with Gasteiger partial charge in [0, 0.05) is 0 Å². The van der Waals surface area contributed by atoms with Crippen LogP contribution in [0.25, 0.3) is 22.2 Å². The summed E-state index contributed by atoms with van der Waals surface area (Å²) < 4.78 is 5.85. The molecule has 1 nitrogen and oxygen atoms in total. The normalized spacial score (nSPS) is 15.0. The Morgan fingerprint density at radius 2 is 1.22 bits per heavy atom. The zero-order chi connectivity index (χ0) is 21.3. The minimum absolute atomic E-state index is 0.262. The minimum atomic E-state index is -2.02. The molecule has 1 aromatic heterocycles. The molecular weight excluding hydrogens is 559 g/mol. The van der Waals surface area contributed by atoms with Crippen molar-refractivity contribution < 1.29 is 0 Å². The van der Waals surface area contributed by atoms with E-state index >= 15 is 0 Å². The standard InChI is InChI=1S/C27H16NPSSe2/c30-29-21-9-3-5-11-23(21)31-25-15-18(20-14-13-17-7-1-2-8-19(17)28-20)16-26(27(25)29)32-24-12-6-4-10-22(24)29/h1-16H. The average Bonchev–Trinajstić information content (AvgIpc) is 2.84. The number of pyridine rings is 1. The van der Waals surface area contributed by atoms with Crippen LogP contribution in [0.4, 0.5) is 0 Å². The Morgan fingerprint density at radius 1 is 0.625 bits per heavy atom. The number of aromatic nitrogens is 1. The van der Waals surface area contributed by atoms with Crippen LogP contribution in [0.2, 0.25) is 0 Å². The fourth-order valence-corrected chi connectivity index (χ4v) is 19.3. The van der Waals surface area contributed by atoms with Crippen molar-refractivity contribution in [1.29, 1.82) is 0 Å². The van der Waals surface area contributed by atoms with Crippen molar-refractivity contribution in [3.05, 3.63) is 97.1 Å². The number of benzene rings is 4. The predicted octanol–water partition coefficient (Wildman–Crippen LogP) is 1.59. The first-order valence-electron chi connectivity index (χ1n) is 10.4. The summed E-state index contributed by atoms with van der Waals surface area (Å²) in [6.07, 6.45) is 0. The van der Waals surface area contributed by atoms with Crippen molar-refractivity contribution in [2.75, 3.05) is 0 Å². The molecule has 0 saturated carbocycles. The molecule has 4 aromatic carbocycles. The van der Waals surface area contributed by atoms with Crippen LogP contribution in [0, 0.1) is 0 Å². The van der Waals surface area contributed by atoms with E-state index in [4.69, 9.17) is 16.8 Å². The van der Waals surface area contributed by atoms with E-state index in [1.54, 1.807) is 0 Å². The van der Waals surface area contributed by atoms with Crippen LogP contribution in [0.15, 0.2) is 97.1 Å². The van der Waals surface area contributed by atoms with Crippen molar-refractivity contribution in [3.8, 4) is 11.3 Å². The summed E-state index contributed by atoms with van der Waals surface area (Å²) in [5.41, 5.74) is 3.34. The van der Waals surface area contributed by atoms with E-state index in [-0.39, 0.29) is 29.9 Å². The number of fused-ring (bicyclic) bond motifs is 5. The van der Waals surface area contributed by atoms with Crippen molar-refractivity contribution >= 4 is 92.4 Å². The predicted molar refractivity (Wildman–Crippen MR) is 143 cm³/mol. The van der Waals surface area contributed by atoms with Gasteiger partial charge < -0.3 is 0 Å². The Kier molecular flexibility index (Phi) is 4.40. The van der Waals surface area contributed by atoms with E-state index < -0.39 is 6.04 Å². The molecule has 7 rings (SSSR count). The molecule has 5 heteroatoms. The first-order chi connectivity index (χ1) is 15.7. The van der Waals surface area contributed by atoms with Crippen LogP contribution < -0.4 is 33.8 Å². The number of rotatable bonds is 1. The third kappa shape index (κ3) is 2.75. The fraction of sp³-hybridized carbons (Fsp3) is 0. The molecule has 0 aliphatic carbocycles. The van der Waals surface area contributed by atoms with Gasteiger partial charge in [-0.1, -0.05) is 0 Å². The summed E-state index contributed by atoms with van der Waals surface area (Å²) in [6, 6.07) is 33.4. The zero-order valence-electron chi connectivity index (χ0n) is 16.9. The van der Waals surface area contributed by atoms with Gasteiger partial charge in [0.25, 0.3) is 0 Å². The van der Waals surface area contributed by atoms with Crippen LogP contribution in [-0.2, 0) is 11.8 Å². The van der Waals surface area contributed by atoms with Crippen molar-refractivity contribution in [2.24, 2.45) is 0 Å². The van der Waals surface area contributed by atoms with Gasteiger partial charge in [0.15, 0.2) is 0 Å². The molecule has 2 aliphatic heterocycles. The molecule has 0 atom stereocenters. The molecule has 0 spiro atoms. The molecule has 32 heavy (non-hydrogen) atoms. The fourth-order valence-electron chi connectivity index (χ4n) is 4.64. The Hall–Kier alpha value is -2.02. The van der Waals surface area contributed by atoms with E-state index in [2.05, 4.69) is 97.1 Å². The van der Waals surface area contributed by atoms with Gasteiger partial charge in [-0.15, -0.1) is 0 Å². The third-order valence-corrected chi connectivity index (χ3v) is 17.1. The summed E-state index contributed by atoms with van der Waals surface area (Å²) >= 11 is 7.22. The summed E-state index contributed by atoms with van der Waals surface area (Å²) in [5.74, 6) is 0. The molecule has 0 fully saturated rings. The van der Waals surface area contributed by atoms with Crippen LogP contribution in [0.1, 0.15) is 0 Å². The SMILES string of the molecule is S=P12c3ccccc3[Se]c3cc(-c4ccc5ccccc5n4)cc(c31)[Se]c1ccccc12. The zero-order valence-corrected chi connectivity index (χ0v) is 22.0. The van der Waals surface area contributed by atoms with Crippen molar-refractivity contribution in [3.63, 3.8) is 0 Å². The second kappa shape index (κ2) is 7.24. The first-order valence-corrected chi connectivity index (χ1v) is 16.6. The Bertz CT molecular complexity index is 1550. The second-order valence-corrected chi connectivity index (χ2v) is 16.8. The quantitative estimate of drug-likeness (QED) is 0.218. The molecule has 5 aromatic rings. The summed E-state index contributed by atoms with van der Waals surface area (Å²) in [6.45, 7) is 0. The molecule has 0 radical (unpaired) electrons. The van der Waals surface area contributed by atoms with Gasteiger partial charge >= 0.3 is 206 Å². The Morgan fingerprint density at radius 3 is 1.91 bits per heavy atom. The summed E-state index contributed by atoms with van der Waals surface area (Å²) in [7, 11) is 0. The van der Waals surface area contributed by atoms with Crippen LogP contribution in [-0.4, -0.2) is 34.9 Å². The number of nitrogens with zero attached hydrogens (tertiary/aromatic N) is 1. The molecule has 0 saturated heterocycles. The first kappa shape index (κ1) is 19.4. The second-order valence-electron chi connectivity index (χ2n) is 7.96. The maximum absolute atomic E-state index is 6.70. The van der Waals surface area contributed by atoms with Crippen LogP contribution >= 0.6 is 6.04 Å². The number of hydrogen-bond donors (Lipinski definition) is 0. The van der Waals surface area contributed by atoms with Crippen LogP contribution in [0.5, 0.6) is 0 Å². The molecule has 0 N–H and O–H groups in total. The van der Waals surface area contributed by atoms with Gasteiger partial charge in [-0.3, -0.25) is 0 Å². The molecule has 0 unspecified atom stereocenters. The molecule has 0 amide bonds. The van der Waals surface area contributed by atoms with E-state index in [1.165, 1.54) is 44.7 Å². The molecule has 152 valence electrons. The number of hydrogen-bond acceptors (Lipinski definition) is 2. The summed E-state index contributed by atoms with van der Waals surface area (Å²) in [5, 5.41) is 5.52. The maximum atomic E-state index is 6.70. The van der Waals surface area contributed by atoms with E-state index in [1.807, 2.05) is 0 Å². The molecular formula is C27H16NPSSe2. The topological polar surface area (TPSA) is 12.9 Å². The third-order valence-electron chi connectivity index (χ3n) is 6.10. The van der Waals surface area contributed by atoms with E-state index in [0.29, 0.717) is 0 Å². The molecule has 2 aliphatic rings. The van der Waals surface area contributed by atoms with Gasteiger partial charge in [-0.05, 0) is 0 Å². The monoisotopic (exact) mass is 577 g/mol. The Balaban J connectivity index is 1.51. The van der Waals surface area contributed by atoms with E-state index in [9.17, 15) is 0 Å². The van der Waals surface area contributed by atoms with Gasteiger partial charge in [0.1, 0.15) is 0 Å². The van der Waals surface area contributed by atoms with E-state index in [0.717, 1.165) is 11.2 Å². The van der Waals surface area contributed by atoms with Gasteiger partial charge in [0.2, 0.25) is 0 Å². The summed E-state index contributed by atoms with van der Waals surface area (Å²) in [4.78, 5) is 5.01. The van der Waals surface area contributed by atoms with Gasteiger partial charge in [-0.25, -0.2) is 0 Å². The Labute approximate surface area is 204 Å².